The molecular formula is C34H36N12O2. The quantitative estimate of drug-likeness (QED) is 0.251. The molecule has 14 heteroatoms. The van der Waals surface area contributed by atoms with Crippen LogP contribution in [-0.4, -0.2) is 108 Å². The van der Waals surface area contributed by atoms with Gasteiger partial charge in [0.25, 0.3) is 5.91 Å². The Bertz CT molecular complexity index is 2100. The maximum atomic E-state index is 13.5. The molecule has 14 nitrogen and oxygen atoms in total. The number of benzene rings is 1. The number of hydrogen-bond donors (Lipinski definition) is 2. The molecule has 1 aromatic carbocycles. The van der Waals surface area contributed by atoms with Crippen molar-refractivity contribution in [1.82, 2.24) is 49.5 Å². The molecule has 6 aromatic rings. The van der Waals surface area contributed by atoms with Gasteiger partial charge in [-0.2, -0.15) is 5.10 Å². The first-order valence-electron chi connectivity index (χ1n) is 16.1. The minimum atomic E-state index is -0.0548. The number of H-pyrrole nitrogens is 1. The van der Waals surface area contributed by atoms with E-state index < -0.39 is 0 Å². The number of aromatic nitrogens is 8. The Morgan fingerprint density at radius 3 is 2.65 bits per heavy atom. The average molecular weight is 645 g/mol. The van der Waals surface area contributed by atoms with Crippen molar-refractivity contribution in [1.29, 1.82) is 0 Å². The van der Waals surface area contributed by atoms with Crippen molar-refractivity contribution in [3.63, 3.8) is 0 Å². The van der Waals surface area contributed by atoms with Crippen LogP contribution in [0.4, 0.5) is 11.8 Å². The summed E-state index contributed by atoms with van der Waals surface area (Å²) in [7, 11) is 1.73. The third-order valence-electron chi connectivity index (χ3n) is 9.29. The van der Waals surface area contributed by atoms with Crippen LogP contribution >= 0.6 is 0 Å². The molecule has 244 valence electrons. The second-order valence-electron chi connectivity index (χ2n) is 12.3. The zero-order chi connectivity index (χ0) is 32.6. The fourth-order valence-corrected chi connectivity index (χ4v) is 6.63. The van der Waals surface area contributed by atoms with E-state index in [1.807, 2.05) is 27.9 Å². The summed E-state index contributed by atoms with van der Waals surface area (Å²) in [6.45, 7) is 6.90. The number of aromatic amines is 1. The van der Waals surface area contributed by atoms with Crippen LogP contribution < -0.4 is 10.6 Å². The minimum absolute atomic E-state index is 0.0548. The lowest BCUT2D eigenvalue weighted by molar-refractivity contribution is 0.0734. The normalized spacial score (nSPS) is 15.4. The molecule has 1 saturated heterocycles. The van der Waals surface area contributed by atoms with E-state index in [0.717, 1.165) is 73.5 Å². The van der Waals surface area contributed by atoms with Gasteiger partial charge >= 0.3 is 0 Å². The van der Waals surface area contributed by atoms with E-state index >= 15 is 0 Å². The van der Waals surface area contributed by atoms with Crippen molar-refractivity contribution in [3.05, 3.63) is 83.7 Å². The average Bonchev–Trinajstić information content (AvgIpc) is 3.75. The van der Waals surface area contributed by atoms with Gasteiger partial charge in [-0.3, -0.25) is 9.69 Å². The Morgan fingerprint density at radius 2 is 1.81 bits per heavy atom. The summed E-state index contributed by atoms with van der Waals surface area (Å²) in [6.07, 6.45) is 9.19. The standard InChI is InChI=1S/C34H36N12O2/c1-48-13-12-43-8-10-44(11-9-43)34-38-17-27(18-39-34)33(47)45-7-5-23-14-22(2-3-25(23)20-45)19-46-32-28(30(35)40-21-41-32)29(42-46)26-15-24-4-6-36-31(24)37-16-26/h2-4,6,14-18,21H,5,7-13,19-20H2,1H3,(H,36,37)(H2,35,40,41). The van der Waals surface area contributed by atoms with Gasteiger partial charge < -0.3 is 25.3 Å². The lowest BCUT2D eigenvalue weighted by Gasteiger charge is -2.34. The number of carbonyl (C=O) groups excluding carboxylic acids is 1. The predicted octanol–water partition coefficient (Wildman–Crippen LogP) is 2.76. The number of pyridine rings is 1. The van der Waals surface area contributed by atoms with Gasteiger partial charge in [-0.05, 0) is 35.2 Å². The van der Waals surface area contributed by atoms with Crippen molar-refractivity contribution in [3.8, 4) is 11.3 Å². The van der Waals surface area contributed by atoms with E-state index in [0.29, 0.717) is 53.7 Å². The molecule has 0 spiro atoms. The van der Waals surface area contributed by atoms with Gasteiger partial charge in [-0.25, -0.2) is 29.6 Å². The van der Waals surface area contributed by atoms with Crippen molar-refractivity contribution >= 4 is 39.7 Å². The Balaban J connectivity index is 0.956. The SMILES string of the molecule is COCCN1CCN(c2ncc(C(=O)N3CCc4cc(Cn5nc(-c6cnc7[nH]ccc7c6)c6c(N)ncnc65)ccc4C3)cn2)CC1. The van der Waals surface area contributed by atoms with Crippen LogP contribution in [0.25, 0.3) is 33.3 Å². The summed E-state index contributed by atoms with van der Waals surface area (Å²) >= 11 is 0. The molecule has 2 aliphatic rings. The van der Waals surface area contributed by atoms with Gasteiger partial charge in [0.1, 0.15) is 23.5 Å². The number of anilines is 2. The summed E-state index contributed by atoms with van der Waals surface area (Å²) in [4.78, 5) is 45.4. The van der Waals surface area contributed by atoms with E-state index in [9.17, 15) is 4.79 Å². The molecule has 0 unspecified atom stereocenters. The van der Waals surface area contributed by atoms with Gasteiger partial charge in [0.05, 0.1) is 24.1 Å². The van der Waals surface area contributed by atoms with E-state index in [1.165, 1.54) is 11.9 Å². The Labute approximate surface area is 276 Å². The molecule has 3 N–H and O–H groups in total. The van der Waals surface area contributed by atoms with Crippen LogP contribution in [-0.2, 0) is 24.2 Å². The molecule has 7 heterocycles. The van der Waals surface area contributed by atoms with E-state index in [1.54, 1.807) is 25.7 Å². The van der Waals surface area contributed by atoms with Gasteiger partial charge in [0, 0.05) is 88.7 Å². The highest BCUT2D eigenvalue weighted by Gasteiger charge is 2.25. The molecule has 5 aromatic heterocycles. The van der Waals surface area contributed by atoms with Crippen LogP contribution in [0.1, 0.15) is 27.0 Å². The highest BCUT2D eigenvalue weighted by atomic mass is 16.5. The number of hydrogen-bond acceptors (Lipinski definition) is 11. The Kier molecular flexibility index (Phi) is 7.86. The van der Waals surface area contributed by atoms with E-state index in [-0.39, 0.29) is 5.91 Å². The van der Waals surface area contributed by atoms with Crippen molar-refractivity contribution in [2.24, 2.45) is 0 Å². The number of methoxy groups -OCH3 is 1. The number of nitrogens with zero attached hydrogens (tertiary/aromatic N) is 10. The number of rotatable bonds is 8. The van der Waals surface area contributed by atoms with E-state index in [2.05, 4.69) is 57.9 Å². The maximum absolute atomic E-state index is 13.5. The summed E-state index contributed by atoms with van der Waals surface area (Å²) in [5.74, 6) is 0.988. The first-order chi connectivity index (χ1) is 23.5. The summed E-state index contributed by atoms with van der Waals surface area (Å²) in [5, 5.41) is 6.64. The molecule has 48 heavy (non-hydrogen) atoms. The number of fused-ring (bicyclic) bond motifs is 3. The number of nitrogens with one attached hydrogen (secondary N) is 1. The third-order valence-corrected chi connectivity index (χ3v) is 9.29. The van der Waals surface area contributed by atoms with Crippen LogP contribution in [0.15, 0.2) is 61.4 Å². The summed E-state index contributed by atoms with van der Waals surface area (Å²) in [6, 6.07) is 10.4. The van der Waals surface area contributed by atoms with Crippen LogP contribution in [0.3, 0.4) is 0 Å². The van der Waals surface area contributed by atoms with Crippen molar-refractivity contribution < 1.29 is 9.53 Å². The number of nitrogen functional groups attached to an aromatic ring is 1. The van der Waals surface area contributed by atoms with Crippen molar-refractivity contribution in [2.75, 3.05) is 63.6 Å². The summed E-state index contributed by atoms with van der Waals surface area (Å²) in [5.41, 5.74) is 13.3. The van der Waals surface area contributed by atoms with Gasteiger partial charge in [0.15, 0.2) is 5.65 Å². The van der Waals surface area contributed by atoms with Gasteiger partial charge in [-0.15, -0.1) is 0 Å². The first kappa shape index (κ1) is 29.9. The zero-order valence-electron chi connectivity index (χ0n) is 26.7. The van der Waals surface area contributed by atoms with Crippen LogP contribution in [0.5, 0.6) is 0 Å². The lowest BCUT2D eigenvalue weighted by Crippen LogP contribution is -2.47. The zero-order valence-corrected chi connectivity index (χ0v) is 26.7. The predicted molar refractivity (Wildman–Crippen MR) is 181 cm³/mol. The second-order valence-corrected chi connectivity index (χ2v) is 12.3. The highest BCUT2D eigenvalue weighted by Crippen LogP contribution is 2.32. The molecule has 1 fully saturated rings. The number of ether oxygens (including phenoxy) is 1. The number of amides is 1. The third kappa shape index (κ3) is 5.69. The highest BCUT2D eigenvalue weighted by molar-refractivity contribution is 5.99. The molecule has 0 radical (unpaired) electrons. The van der Waals surface area contributed by atoms with Crippen LogP contribution in [0, 0.1) is 0 Å². The lowest BCUT2D eigenvalue weighted by atomic mass is 9.97. The molecule has 0 aliphatic carbocycles. The summed E-state index contributed by atoms with van der Waals surface area (Å²) < 4.78 is 7.07. The number of carbonyl (C=O) groups is 1. The molecular weight excluding hydrogens is 608 g/mol. The second kappa shape index (κ2) is 12.6. The monoisotopic (exact) mass is 644 g/mol. The molecule has 8 rings (SSSR count). The van der Waals surface area contributed by atoms with Crippen molar-refractivity contribution in [2.45, 2.75) is 19.5 Å². The fraction of sp³-hybridized carbons (Fsp3) is 0.324. The molecule has 0 atom stereocenters. The molecule has 0 bridgehead atoms. The number of piperazine rings is 1. The smallest absolute Gasteiger partial charge is 0.257 e. The first-order valence-corrected chi connectivity index (χ1v) is 16.1. The molecule has 1 amide bonds. The number of nitrogens with two attached hydrogens (primary N) is 1. The van der Waals surface area contributed by atoms with Gasteiger partial charge in [-0.1, -0.05) is 18.2 Å². The Morgan fingerprint density at radius 1 is 0.958 bits per heavy atom. The topological polar surface area (TPSA) is 160 Å². The molecule has 2 aliphatic heterocycles. The minimum Gasteiger partial charge on any atom is -0.383 e. The maximum Gasteiger partial charge on any atom is 0.257 e. The Hall–Kier alpha value is -5.47. The largest absolute Gasteiger partial charge is 0.383 e. The fourth-order valence-electron chi connectivity index (χ4n) is 6.63. The van der Waals surface area contributed by atoms with E-state index in [4.69, 9.17) is 15.6 Å². The van der Waals surface area contributed by atoms with Crippen LogP contribution in [0.2, 0.25) is 0 Å². The van der Waals surface area contributed by atoms with Gasteiger partial charge in [0.2, 0.25) is 5.95 Å². The molecule has 0 saturated carbocycles.